The molecule has 0 aliphatic rings. The average molecular weight is 305 g/mol. The second-order valence-corrected chi connectivity index (χ2v) is 5.62. The number of rotatable bonds is 3. The molecule has 1 heterocycles. The van der Waals surface area contributed by atoms with Crippen LogP contribution in [0, 0.1) is 20.8 Å². The van der Waals surface area contributed by atoms with E-state index in [0.29, 0.717) is 5.69 Å². The predicted octanol–water partition coefficient (Wildman–Crippen LogP) is 3.90. The van der Waals surface area contributed by atoms with Crippen LogP contribution in [0.5, 0.6) is 0 Å². The second kappa shape index (κ2) is 6.08. The lowest BCUT2D eigenvalue weighted by molar-refractivity contribution is 0.788. The maximum absolute atomic E-state index is 12.8. The van der Waals surface area contributed by atoms with Gasteiger partial charge in [-0.3, -0.25) is 4.79 Å². The fourth-order valence-corrected chi connectivity index (χ4v) is 2.48. The van der Waals surface area contributed by atoms with E-state index < -0.39 is 0 Å². The number of benzene rings is 2. The molecule has 3 rings (SSSR count). The molecule has 0 bridgehead atoms. The first-order valence-corrected chi connectivity index (χ1v) is 7.56. The van der Waals surface area contributed by atoms with Gasteiger partial charge in [0.2, 0.25) is 0 Å². The minimum Gasteiger partial charge on any atom is -0.351 e. The molecule has 0 unspecified atom stereocenters. The first-order valence-electron chi connectivity index (χ1n) is 7.56. The molecule has 1 aromatic heterocycles. The fourth-order valence-electron chi connectivity index (χ4n) is 2.48. The van der Waals surface area contributed by atoms with Crippen LogP contribution in [0.3, 0.4) is 0 Å². The van der Waals surface area contributed by atoms with E-state index in [1.165, 1.54) is 10.2 Å². The Kier molecular flexibility index (Phi) is 3.98. The SMILES string of the molecule is Cc1cc(Nc2cccc(C)c2C)c(=O)n(-c2ccccc2)n1. The summed E-state index contributed by atoms with van der Waals surface area (Å²) in [5.41, 5.74) is 5.15. The van der Waals surface area contributed by atoms with E-state index >= 15 is 0 Å². The van der Waals surface area contributed by atoms with Crippen molar-refractivity contribution >= 4 is 11.4 Å². The van der Waals surface area contributed by atoms with E-state index in [1.807, 2.05) is 56.3 Å². The van der Waals surface area contributed by atoms with Crippen molar-refractivity contribution in [1.29, 1.82) is 0 Å². The maximum atomic E-state index is 12.8. The zero-order valence-electron chi connectivity index (χ0n) is 13.5. The molecule has 0 atom stereocenters. The molecule has 0 saturated heterocycles. The molecule has 0 spiro atoms. The van der Waals surface area contributed by atoms with Crippen LogP contribution in [0.2, 0.25) is 0 Å². The Hall–Kier alpha value is -2.88. The second-order valence-electron chi connectivity index (χ2n) is 5.62. The normalized spacial score (nSPS) is 10.6. The standard InChI is InChI=1S/C19H19N3O/c1-13-8-7-11-17(15(13)3)20-18-12-14(2)21-22(19(18)23)16-9-5-4-6-10-16/h4-12,20H,1-3H3. The molecule has 23 heavy (non-hydrogen) atoms. The molecule has 0 saturated carbocycles. The van der Waals surface area contributed by atoms with Crippen molar-refractivity contribution in [2.45, 2.75) is 20.8 Å². The number of aryl methyl sites for hydroxylation is 2. The van der Waals surface area contributed by atoms with Gasteiger partial charge in [-0.15, -0.1) is 0 Å². The highest BCUT2D eigenvalue weighted by Gasteiger charge is 2.10. The monoisotopic (exact) mass is 305 g/mol. The highest BCUT2D eigenvalue weighted by atomic mass is 16.1. The Morgan fingerprint density at radius 1 is 0.913 bits per heavy atom. The van der Waals surface area contributed by atoms with E-state index in [-0.39, 0.29) is 5.56 Å². The van der Waals surface area contributed by atoms with Gasteiger partial charge in [0.1, 0.15) is 5.69 Å². The highest BCUT2D eigenvalue weighted by Crippen LogP contribution is 2.21. The Morgan fingerprint density at radius 2 is 1.65 bits per heavy atom. The molecule has 0 aliphatic heterocycles. The van der Waals surface area contributed by atoms with Crippen molar-refractivity contribution in [2.24, 2.45) is 0 Å². The lowest BCUT2D eigenvalue weighted by atomic mass is 10.1. The van der Waals surface area contributed by atoms with Crippen molar-refractivity contribution in [3.05, 3.63) is 81.8 Å². The number of para-hydroxylation sites is 1. The Labute approximate surface area is 135 Å². The summed E-state index contributed by atoms with van der Waals surface area (Å²) in [6.45, 7) is 5.98. The maximum Gasteiger partial charge on any atom is 0.295 e. The first kappa shape index (κ1) is 15.0. The molecule has 0 radical (unpaired) electrons. The molecule has 4 heteroatoms. The summed E-state index contributed by atoms with van der Waals surface area (Å²) in [5.74, 6) is 0. The van der Waals surface area contributed by atoms with Gasteiger partial charge in [0, 0.05) is 5.69 Å². The van der Waals surface area contributed by atoms with Crippen LogP contribution in [0.15, 0.2) is 59.4 Å². The number of hydrogen-bond donors (Lipinski definition) is 1. The van der Waals surface area contributed by atoms with Crippen molar-refractivity contribution in [2.75, 3.05) is 5.32 Å². The van der Waals surface area contributed by atoms with Crippen LogP contribution >= 0.6 is 0 Å². The van der Waals surface area contributed by atoms with Gasteiger partial charge in [0.25, 0.3) is 5.56 Å². The van der Waals surface area contributed by atoms with E-state index in [4.69, 9.17) is 0 Å². The average Bonchev–Trinajstić information content (AvgIpc) is 2.55. The van der Waals surface area contributed by atoms with Gasteiger partial charge in [-0.2, -0.15) is 9.78 Å². The number of aromatic nitrogens is 2. The number of hydrogen-bond acceptors (Lipinski definition) is 3. The third-order valence-electron chi connectivity index (χ3n) is 3.91. The predicted molar refractivity (Wildman–Crippen MR) is 93.8 cm³/mol. The summed E-state index contributed by atoms with van der Waals surface area (Å²) in [6, 6.07) is 17.2. The summed E-state index contributed by atoms with van der Waals surface area (Å²) in [4.78, 5) is 12.8. The van der Waals surface area contributed by atoms with Gasteiger partial charge in [0.05, 0.1) is 11.4 Å². The quantitative estimate of drug-likeness (QED) is 0.798. The van der Waals surface area contributed by atoms with Crippen LogP contribution in [-0.2, 0) is 0 Å². The molecular weight excluding hydrogens is 286 g/mol. The van der Waals surface area contributed by atoms with Crippen molar-refractivity contribution in [1.82, 2.24) is 9.78 Å². The smallest absolute Gasteiger partial charge is 0.295 e. The molecule has 0 aliphatic carbocycles. The Balaban J connectivity index is 2.09. The van der Waals surface area contributed by atoms with Crippen LogP contribution < -0.4 is 10.9 Å². The van der Waals surface area contributed by atoms with Gasteiger partial charge in [-0.1, -0.05) is 30.3 Å². The van der Waals surface area contributed by atoms with Crippen LogP contribution in [-0.4, -0.2) is 9.78 Å². The Morgan fingerprint density at radius 3 is 2.39 bits per heavy atom. The van der Waals surface area contributed by atoms with Crippen molar-refractivity contribution < 1.29 is 0 Å². The largest absolute Gasteiger partial charge is 0.351 e. The van der Waals surface area contributed by atoms with Crippen LogP contribution in [0.1, 0.15) is 16.8 Å². The summed E-state index contributed by atoms with van der Waals surface area (Å²) < 4.78 is 1.43. The number of anilines is 2. The van der Waals surface area contributed by atoms with Crippen LogP contribution in [0.25, 0.3) is 5.69 Å². The zero-order chi connectivity index (χ0) is 16.4. The molecular formula is C19H19N3O. The molecule has 116 valence electrons. The van der Waals surface area contributed by atoms with Gasteiger partial charge in [-0.05, 0) is 56.2 Å². The summed E-state index contributed by atoms with van der Waals surface area (Å²) >= 11 is 0. The third-order valence-corrected chi connectivity index (χ3v) is 3.91. The van der Waals surface area contributed by atoms with Gasteiger partial charge in [-0.25, -0.2) is 0 Å². The lowest BCUT2D eigenvalue weighted by Gasteiger charge is -2.13. The summed E-state index contributed by atoms with van der Waals surface area (Å²) in [5, 5.41) is 7.61. The van der Waals surface area contributed by atoms with E-state index in [0.717, 1.165) is 22.6 Å². The highest BCUT2D eigenvalue weighted by molar-refractivity contribution is 5.64. The summed E-state index contributed by atoms with van der Waals surface area (Å²) in [7, 11) is 0. The zero-order valence-corrected chi connectivity index (χ0v) is 13.5. The van der Waals surface area contributed by atoms with Crippen molar-refractivity contribution in [3.63, 3.8) is 0 Å². The minimum atomic E-state index is -0.164. The van der Waals surface area contributed by atoms with E-state index in [2.05, 4.69) is 23.4 Å². The number of nitrogens with zero attached hydrogens (tertiary/aromatic N) is 2. The minimum absolute atomic E-state index is 0.164. The topological polar surface area (TPSA) is 46.9 Å². The van der Waals surface area contributed by atoms with Gasteiger partial charge in [0.15, 0.2) is 0 Å². The van der Waals surface area contributed by atoms with Gasteiger partial charge >= 0.3 is 0 Å². The molecule has 4 nitrogen and oxygen atoms in total. The molecule has 0 fully saturated rings. The number of nitrogens with one attached hydrogen (secondary N) is 1. The summed E-state index contributed by atoms with van der Waals surface area (Å²) in [6.07, 6.45) is 0. The Bertz CT molecular complexity index is 898. The first-order chi connectivity index (χ1) is 11.1. The molecule has 1 N–H and O–H groups in total. The molecule has 2 aromatic carbocycles. The van der Waals surface area contributed by atoms with E-state index in [1.54, 1.807) is 6.07 Å². The molecule has 0 amide bonds. The molecule has 3 aromatic rings. The third kappa shape index (κ3) is 3.01. The fraction of sp³-hybridized carbons (Fsp3) is 0.158. The van der Waals surface area contributed by atoms with Crippen molar-refractivity contribution in [3.8, 4) is 5.69 Å². The lowest BCUT2D eigenvalue weighted by Crippen LogP contribution is -2.24. The van der Waals surface area contributed by atoms with Crippen LogP contribution in [0.4, 0.5) is 11.4 Å². The van der Waals surface area contributed by atoms with Gasteiger partial charge < -0.3 is 5.32 Å². The van der Waals surface area contributed by atoms with E-state index in [9.17, 15) is 4.79 Å².